The molecule has 3 nitrogen and oxygen atoms in total. The molecule has 1 unspecified atom stereocenters. The van der Waals surface area contributed by atoms with Crippen LogP contribution in [0.5, 0.6) is 0 Å². The van der Waals surface area contributed by atoms with Crippen LogP contribution in [-0.4, -0.2) is 36.9 Å². The largest absolute Gasteiger partial charge is 0.394 e. The topological polar surface area (TPSA) is 35.5 Å². The number of aliphatic hydroxyl groups is 1. The second kappa shape index (κ2) is 6.15. The van der Waals surface area contributed by atoms with Gasteiger partial charge in [-0.05, 0) is 51.7 Å². The molecule has 0 aromatic heterocycles. The molecule has 3 heteroatoms. The number of nitrogens with one attached hydrogen (secondary N) is 1. The summed E-state index contributed by atoms with van der Waals surface area (Å²) in [4.78, 5) is 2.29. The molecule has 1 aliphatic carbocycles. The highest BCUT2D eigenvalue weighted by molar-refractivity contribution is 5.53. The normalized spacial score (nSPS) is 17.9. The monoisotopic (exact) mass is 276 g/mol. The van der Waals surface area contributed by atoms with Gasteiger partial charge in [-0.3, -0.25) is 0 Å². The van der Waals surface area contributed by atoms with Gasteiger partial charge in [-0.15, -0.1) is 0 Å². The maximum Gasteiger partial charge on any atom is 0.0611 e. The fourth-order valence-corrected chi connectivity index (χ4v) is 2.69. The van der Waals surface area contributed by atoms with Crippen LogP contribution in [0.25, 0.3) is 0 Å². The van der Waals surface area contributed by atoms with Crippen molar-refractivity contribution in [1.29, 1.82) is 0 Å². The van der Waals surface area contributed by atoms with E-state index in [1.54, 1.807) is 0 Å². The molecular weight excluding hydrogens is 248 g/mol. The third-order valence-corrected chi connectivity index (χ3v) is 4.24. The molecule has 1 fully saturated rings. The van der Waals surface area contributed by atoms with Gasteiger partial charge in [0.05, 0.1) is 6.61 Å². The Balaban J connectivity index is 1.94. The van der Waals surface area contributed by atoms with Crippen molar-refractivity contribution < 1.29 is 5.11 Å². The first kappa shape index (κ1) is 15.3. The Hall–Kier alpha value is -1.06. The van der Waals surface area contributed by atoms with E-state index in [1.807, 2.05) is 0 Å². The molecule has 0 radical (unpaired) electrons. The maximum atomic E-state index is 9.66. The summed E-state index contributed by atoms with van der Waals surface area (Å²) in [6, 6.07) is 7.19. The number of aliphatic hydroxyl groups excluding tert-OH is 1. The van der Waals surface area contributed by atoms with Crippen LogP contribution in [0.3, 0.4) is 0 Å². The number of aryl methyl sites for hydroxylation is 2. The second-order valence-corrected chi connectivity index (χ2v) is 6.60. The molecule has 1 aromatic rings. The Labute approximate surface area is 123 Å². The molecular formula is C17H28N2O. The molecule has 112 valence electrons. The SMILES string of the molecule is Cc1ccc(N(C)CCC(C)(CO)NC2CC2)c(C)c1. The van der Waals surface area contributed by atoms with E-state index in [2.05, 4.69) is 56.2 Å². The van der Waals surface area contributed by atoms with Crippen LogP contribution in [0.1, 0.15) is 37.3 Å². The van der Waals surface area contributed by atoms with Crippen molar-refractivity contribution in [3.05, 3.63) is 29.3 Å². The average Bonchev–Trinajstić information content (AvgIpc) is 3.20. The van der Waals surface area contributed by atoms with E-state index in [9.17, 15) is 5.11 Å². The summed E-state index contributed by atoms with van der Waals surface area (Å²) in [6.45, 7) is 7.55. The number of hydrogen-bond donors (Lipinski definition) is 2. The van der Waals surface area contributed by atoms with Gasteiger partial charge in [0.25, 0.3) is 0 Å². The molecule has 0 aliphatic heterocycles. The third kappa shape index (κ3) is 3.97. The van der Waals surface area contributed by atoms with Gasteiger partial charge < -0.3 is 15.3 Å². The Morgan fingerprint density at radius 1 is 1.35 bits per heavy atom. The minimum Gasteiger partial charge on any atom is -0.394 e. The smallest absolute Gasteiger partial charge is 0.0611 e. The number of nitrogens with zero attached hydrogens (tertiary/aromatic N) is 1. The van der Waals surface area contributed by atoms with Crippen molar-refractivity contribution in [2.75, 3.05) is 25.1 Å². The first-order valence-corrected chi connectivity index (χ1v) is 7.60. The first-order valence-electron chi connectivity index (χ1n) is 7.60. The zero-order valence-corrected chi connectivity index (χ0v) is 13.2. The Morgan fingerprint density at radius 3 is 2.60 bits per heavy atom. The molecule has 0 amide bonds. The maximum absolute atomic E-state index is 9.66. The van der Waals surface area contributed by atoms with Gasteiger partial charge in [0.1, 0.15) is 0 Å². The van der Waals surface area contributed by atoms with Gasteiger partial charge in [-0.1, -0.05) is 17.7 Å². The lowest BCUT2D eigenvalue weighted by Gasteiger charge is -2.32. The van der Waals surface area contributed by atoms with Crippen LogP contribution in [0.2, 0.25) is 0 Å². The first-order chi connectivity index (χ1) is 9.43. The van der Waals surface area contributed by atoms with Crippen molar-refractivity contribution >= 4 is 5.69 Å². The summed E-state index contributed by atoms with van der Waals surface area (Å²) < 4.78 is 0. The molecule has 1 aliphatic rings. The van der Waals surface area contributed by atoms with E-state index in [0.717, 1.165) is 13.0 Å². The lowest BCUT2D eigenvalue weighted by atomic mass is 9.98. The molecule has 1 saturated carbocycles. The summed E-state index contributed by atoms with van der Waals surface area (Å²) in [7, 11) is 2.13. The zero-order chi connectivity index (χ0) is 14.8. The summed E-state index contributed by atoms with van der Waals surface area (Å²) in [5, 5.41) is 13.2. The Morgan fingerprint density at radius 2 is 2.05 bits per heavy atom. The highest BCUT2D eigenvalue weighted by atomic mass is 16.3. The number of benzene rings is 1. The van der Waals surface area contributed by atoms with E-state index < -0.39 is 0 Å². The van der Waals surface area contributed by atoms with Gasteiger partial charge in [-0.2, -0.15) is 0 Å². The van der Waals surface area contributed by atoms with Crippen LogP contribution in [0.4, 0.5) is 5.69 Å². The molecule has 0 saturated heterocycles. The lowest BCUT2D eigenvalue weighted by Crippen LogP contribution is -2.48. The minimum absolute atomic E-state index is 0.159. The van der Waals surface area contributed by atoms with Crippen molar-refractivity contribution in [2.45, 2.75) is 51.6 Å². The number of rotatable bonds is 7. The van der Waals surface area contributed by atoms with Gasteiger partial charge >= 0.3 is 0 Å². The quantitative estimate of drug-likeness (QED) is 0.803. The Bertz CT molecular complexity index is 456. The zero-order valence-electron chi connectivity index (χ0n) is 13.2. The lowest BCUT2D eigenvalue weighted by molar-refractivity contribution is 0.165. The van der Waals surface area contributed by atoms with E-state index in [-0.39, 0.29) is 12.1 Å². The fourth-order valence-electron chi connectivity index (χ4n) is 2.69. The highest BCUT2D eigenvalue weighted by Crippen LogP contribution is 2.25. The molecule has 0 bridgehead atoms. The van der Waals surface area contributed by atoms with Gasteiger partial charge in [0.15, 0.2) is 0 Å². The van der Waals surface area contributed by atoms with Crippen molar-refractivity contribution in [2.24, 2.45) is 0 Å². The average molecular weight is 276 g/mol. The molecule has 1 aromatic carbocycles. The molecule has 0 spiro atoms. The van der Waals surface area contributed by atoms with E-state index in [1.165, 1.54) is 29.7 Å². The summed E-state index contributed by atoms with van der Waals surface area (Å²) in [6.07, 6.45) is 3.45. The van der Waals surface area contributed by atoms with Crippen LogP contribution in [0, 0.1) is 13.8 Å². The van der Waals surface area contributed by atoms with E-state index in [0.29, 0.717) is 6.04 Å². The number of anilines is 1. The summed E-state index contributed by atoms with van der Waals surface area (Å²) >= 11 is 0. The van der Waals surface area contributed by atoms with Gasteiger partial charge in [0, 0.05) is 30.9 Å². The van der Waals surface area contributed by atoms with Crippen molar-refractivity contribution in [3.8, 4) is 0 Å². The van der Waals surface area contributed by atoms with Crippen molar-refractivity contribution in [1.82, 2.24) is 5.32 Å². The molecule has 1 atom stereocenters. The van der Waals surface area contributed by atoms with Crippen LogP contribution in [-0.2, 0) is 0 Å². The van der Waals surface area contributed by atoms with Gasteiger partial charge in [0.2, 0.25) is 0 Å². The van der Waals surface area contributed by atoms with E-state index >= 15 is 0 Å². The standard InChI is InChI=1S/C17H28N2O/c1-13-5-8-16(14(2)11-13)19(4)10-9-17(3,12-20)18-15-6-7-15/h5,8,11,15,18,20H,6-7,9-10,12H2,1-4H3. The Kier molecular flexibility index (Phi) is 4.71. The van der Waals surface area contributed by atoms with Crippen LogP contribution >= 0.6 is 0 Å². The van der Waals surface area contributed by atoms with Crippen molar-refractivity contribution in [3.63, 3.8) is 0 Å². The molecule has 0 heterocycles. The summed E-state index contributed by atoms with van der Waals surface area (Å²) in [5.74, 6) is 0. The molecule has 2 N–H and O–H groups in total. The second-order valence-electron chi connectivity index (χ2n) is 6.60. The summed E-state index contributed by atoms with van der Waals surface area (Å²) in [5.41, 5.74) is 3.74. The minimum atomic E-state index is -0.159. The number of hydrogen-bond acceptors (Lipinski definition) is 3. The van der Waals surface area contributed by atoms with Crippen LogP contribution < -0.4 is 10.2 Å². The van der Waals surface area contributed by atoms with Gasteiger partial charge in [-0.25, -0.2) is 0 Å². The van der Waals surface area contributed by atoms with E-state index in [4.69, 9.17) is 0 Å². The predicted molar refractivity (Wildman–Crippen MR) is 85.5 cm³/mol. The predicted octanol–water partition coefficient (Wildman–Crippen LogP) is 2.63. The highest BCUT2D eigenvalue weighted by Gasteiger charge is 2.31. The third-order valence-electron chi connectivity index (χ3n) is 4.24. The van der Waals surface area contributed by atoms with Crippen LogP contribution in [0.15, 0.2) is 18.2 Å². The molecule has 2 rings (SSSR count). The molecule has 20 heavy (non-hydrogen) atoms. The fraction of sp³-hybridized carbons (Fsp3) is 0.647.